The summed E-state index contributed by atoms with van der Waals surface area (Å²) in [5, 5.41) is 8.77. The fraction of sp³-hybridized carbons (Fsp3) is 0.222. The molecule has 5 heteroatoms. The van der Waals surface area contributed by atoms with Crippen LogP contribution in [0.15, 0.2) is 24.3 Å². The van der Waals surface area contributed by atoms with Gasteiger partial charge in [-0.05, 0) is 17.6 Å². The molecule has 0 atom stereocenters. The lowest BCUT2D eigenvalue weighted by atomic mass is 9.79. The molecule has 0 amide bonds. The minimum atomic E-state index is -0.940. The van der Waals surface area contributed by atoms with Gasteiger partial charge in [-0.3, -0.25) is 0 Å². The van der Waals surface area contributed by atoms with Crippen LogP contribution < -0.4 is 5.46 Å². The second-order valence-electron chi connectivity index (χ2n) is 3.00. The number of aromatic carboxylic acids is 1. The van der Waals surface area contributed by atoms with Crippen molar-refractivity contribution < 1.29 is 19.2 Å². The zero-order valence-electron chi connectivity index (χ0n) is 7.47. The SMILES string of the molecule is O=C(O)c1cccc(B2OCCO2)c1. The van der Waals surface area contributed by atoms with Gasteiger partial charge in [-0.1, -0.05) is 12.1 Å². The normalized spacial score (nSPS) is 15.9. The van der Waals surface area contributed by atoms with E-state index in [1.807, 2.05) is 0 Å². The molecular weight excluding hydrogens is 183 g/mol. The van der Waals surface area contributed by atoms with Gasteiger partial charge in [-0.2, -0.15) is 0 Å². The van der Waals surface area contributed by atoms with E-state index in [4.69, 9.17) is 14.4 Å². The van der Waals surface area contributed by atoms with E-state index in [0.29, 0.717) is 13.2 Å². The van der Waals surface area contributed by atoms with Crippen molar-refractivity contribution in [2.45, 2.75) is 0 Å². The summed E-state index contributed by atoms with van der Waals surface area (Å²) in [7, 11) is -0.408. The van der Waals surface area contributed by atoms with Crippen LogP contribution in [0.3, 0.4) is 0 Å². The maximum Gasteiger partial charge on any atom is 0.494 e. The van der Waals surface area contributed by atoms with Crippen LogP contribution in [-0.4, -0.2) is 31.4 Å². The van der Waals surface area contributed by atoms with Crippen LogP contribution in [0.4, 0.5) is 0 Å². The first-order valence-electron chi connectivity index (χ1n) is 4.34. The molecule has 1 N–H and O–H groups in total. The summed E-state index contributed by atoms with van der Waals surface area (Å²) in [4.78, 5) is 10.7. The third-order valence-corrected chi connectivity index (χ3v) is 2.03. The number of carbonyl (C=O) groups is 1. The summed E-state index contributed by atoms with van der Waals surface area (Å²) in [5.74, 6) is -0.940. The monoisotopic (exact) mass is 192 g/mol. The van der Waals surface area contributed by atoms with E-state index in [0.717, 1.165) is 5.46 Å². The molecule has 4 nitrogen and oxygen atoms in total. The van der Waals surface area contributed by atoms with Gasteiger partial charge in [0.15, 0.2) is 0 Å². The van der Waals surface area contributed by atoms with E-state index >= 15 is 0 Å². The average molecular weight is 192 g/mol. The van der Waals surface area contributed by atoms with Crippen molar-refractivity contribution >= 4 is 18.6 Å². The molecule has 0 aromatic heterocycles. The molecule has 0 unspecified atom stereocenters. The minimum Gasteiger partial charge on any atom is -0.478 e. The van der Waals surface area contributed by atoms with Crippen molar-refractivity contribution in [1.29, 1.82) is 0 Å². The molecule has 14 heavy (non-hydrogen) atoms. The highest BCUT2D eigenvalue weighted by molar-refractivity contribution is 6.61. The number of carboxylic acid groups (broad SMARTS) is 1. The summed E-state index contributed by atoms with van der Waals surface area (Å²) in [6.45, 7) is 1.12. The van der Waals surface area contributed by atoms with Crippen LogP contribution in [0, 0.1) is 0 Å². The first-order valence-corrected chi connectivity index (χ1v) is 4.34. The molecular formula is C9H9BO4. The molecule has 0 bridgehead atoms. The predicted molar refractivity (Wildman–Crippen MR) is 50.7 cm³/mol. The van der Waals surface area contributed by atoms with Crippen LogP contribution in [0.25, 0.3) is 0 Å². The van der Waals surface area contributed by atoms with E-state index in [1.54, 1.807) is 24.3 Å². The molecule has 1 aromatic carbocycles. The highest BCUT2D eigenvalue weighted by Gasteiger charge is 2.26. The summed E-state index contributed by atoms with van der Waals surface area (Å²) < 4.78 is 10.5. The maximum absolute atomic E-state index is 10.7. The molecule has 1 fully saturated rings. The van der Waals surface area contributed by atoms with Crippen molar-refractivity contribution in [2.75, 3.05) is 13.2 Å². The summed E-state index contributed by atoms with van der Waals surface area (Å²) >= 11 is 0. The second kappa shape index (κ2) is 3.81. The van der Waals surface area contributed by atoms with Gasteiger partial charge in [0, 0.05) is 0 Å². The lowest BCUT2D eigenvalue weighted by Crippen LogP contribution is -2.32. The van der Waals surface area contributed by atoms with E-state index in [1.165, 1.54) is 0 Å². The molecule has 2 rings (SSSR count). The van der Waals surface area contributed by atoms with E-state index in [9.17, 15) is 4.79 Å². The molecule has 0 saturated carbocycles. The third kappa shape index (κ3) is 1.78. The van der Waals surface area contributed by atoms with Gasteiger partial charge in [0.05, 0.1) is 18.8 Å². The van der Waals surface area contributed by atoms with Gasteiger partial charge in [0.25, 0.3) is 0 Å². The largest absolute Gasteiger partial charge is 0.494 e. The molecule has 1 heterocycles. The maximum atomic E-state index is 10.7. The molecule has 0 radical (unpaired) electrons. The molecule has 1 saturated heterocycles. The van der Waals surface area contributed by atoms with Crippen LogP contribution in [-0.2, 0) is 9.31 Å². The number of carboxylic acids is 1. The van der Waals surface area contributed by atoms with Gasteiger partial charge in [-0.15, -0.1) is 0 Å². The molecule has 72 valence electrons. The summed E-state index contributed by atoms with van der Waals surface area (Å²) in [6.07, 6.45) is 0. The second-order valence-corrected chi connectivity index (χ2v) is 3.00. The lowest BCUT2D eigenvalue weighted by molar-refractivity contribution is 0.0697. The highest BCUT2D eigenvalue weighted by atomic mass is 16.6. The predicted octanol–water partition coefficient (Wildman–Crippen LogP) is 0.127. The van der Waals surface area contributed by atoms with Crippen molar-refractivity contribution in [3.05, 3.63) is 29.8 Å². The van der Waals surface area contributed by atoms with Crippen molar-refractivity contribution in [3.8, 4) is 0 Å². The Kier molecular flexibility index (Phi) is 2.52. The Morgan fingerprint density at radius 2 is 2.07 bits per heavy atom. The third-order valence-electron chi connectivity index (χ3n) is 2.03. The van der Waals surface area contributed by atoms with Gasteiger partial charge >= 0.3 is 13.1 Å². The molecule has 1 aliphatic heterocycles. The molecule has 0 aliphatic carbocycles. The first-order chi connectivity index (χ1) is 6.77. The zero-order valence-corrected chi connectivity index (χ0v) is 7.47. The van der Waals surface area contributed by atoms with Crippen LogP contribution in [0.1, 0.15) is 10.4 Å². The van der Waals surface area contributed by atoms with Gasteiger partial charge < -0.3 is 14.4 Å². The van der Waals surface area contributed by atoms with Crippen LogP contribution in [0.2, 0.25) is 0 Å². The number of hydrogen-bond acceptors (Lipinski definition) is 3. The zero-order chi connectivity index (χ0) is 9.97. The Hall–Kier alpha value is -1.33. The lowest BCUT2D eigenvalue weighted by Gasteiger charge is -2.04. The fourth-order valence-corrected chi connectivity index (χ4v) is 1.37. The van der Waals surface area contributed by atoms with Crippen molar-refractivity contribution in [1.82, 2.24) is 0 Å². The Bertz CT molecular complexity index is 346. The number of hydrogen-bond donors (Lipinski definition) is 1. The number of benzene rings is 1. The quantitative estimate of drug-likeness (QED) is 0.676. The topological polar surface area (TPSA) is 55.8 Å². The smallest absolute Gasteiger partial charge is 0.478 e. The summed E-state index contributed by atoms with van der Waals surface area (Å²) in [6, 6.07) is 6.59. The van der Waals surface area contributed by atoms with Crippen LogP contribution >= 0.6 is 0 Å². The van der Waals surface area contributed by atoms with E-state index in [2.05, 4.69) is 0 Å². The Morgan fingerprint density at radius 1 is 1.36 bits per heavy atom. The van der Waals surface area contributed by atoms with Crippen LogP contribution in [0.5, 0.6) is 0 Å². The molecule has 1 aromatic rings. The first kappa shape index (κ1) is 9.24. The highest BCUT2D eigenvalue weighted by Crippen LogP contribution is 2.03. The molecule has 1 aliphatic rings. The Balaban J connectivity index is 2.25. The van der Waals surface area contributed by atoms with Crippen molar-refractivity contribution in [3.63, 3.8) is 0 Å². The van der Waals surface area contributed by atoms with Crippen molar-refractivity contribution in [2.24, 2.45) is 0 Å². The average Bonchev–Trinajstić information content (AvgIpc) is 2.71. The Labute approximate surface area is 81.6 Å². The molecule has 0 spiro atoms. The summed E-state index contributed by atoms with van der Waals surface area (Å²) in [5.41, 5.74) is 1.00. The van der Waals surface area contributed by atoms with Gasteiger partial charge in [0.1, 0.15) is 0 Å². The standard InChI is InChI=1S/C9H9BO4/c11-9(12)7-2-1-3-8(6-7)10-13-4-5-14-10/h1-3,6H,4-5H2,(H,11,12). The minimum absolute atomic E-state index is 0.251. The Morgan fingerprint density at radius 3 is 2.71 bits per heavy atom. The van der Waals surface area contributed by atoms with E-state index in [-0.39, 0.29) is 5.56 Å². The van der Waals surface area contributed by atoms with E-state index < -0.39 is 13.1 Å². The fourth-order valence-electron chi connectivity index (χ4n) is 1.37. The number of rotatable bonds is 2. The van der Waals surface area contributed by atoms with Gasteiger partial charge in [0.2, 0.25) is 0 Å². The van der Waals surface area contributed by atoms with Gasteiger partial charge in [-0.25, -0.2) is 4.79 Å².